The summed E-state index contributed by atoms with van der Waals surface area (Å²) >= 11 is 0. The van der Waals surface area contributed by atoms with Gasteiger partial charge in [0.05, 0.1) is 19.2 Å². The quantitative estimate of drug-likeness (QED) is 0.827. The molecule has 0 fully saturated rings. The zero-order valence-corrected chi connectivity index (χ0v) is 13.4. The summed E-state index contributed by atoms with van der Waals surface area (Å²) in [5.41, 5.74) is 0. The summed E-state index contributed by atoms with van der Waals surface area (Å²) in [5, 5.41) is 16.1. The predicted octanol–water partition coefficient (Wildman–Crippen LogP) is 1.51. The lowest BCUT2D eigenvalue weighted by atomic mass is 10.1. The van der Waals surface area contributed by atoms with E-state index in [1.807, 2.05) is 13.8 Å². The lowest BCUT2D eigenvalue weighted by Crippen LogP contribution is -2.46. The Balaban J connectivity index is 2.09. The van der Waals surface area contributed by atoms with E-state index in [-0.39, 0.29) is 25.1 Å². The molecule has 0 aromatic carbocycles. The van der Waals surface area contributed by atoms with Gasteiger partial charge in [-0.15, -0.1) is 0 Å². The molecule has 1 aliphatic heterocycles. The van der Waals surface area contributed by atoms with Crippen LogP contribution in [0.3, 0.4) is 0 Å². The number of nitrogens with zero attached hydrogens (tertiary/aromatic N) is 4. The van der Waals surface area contributed by atoms with E-state index in [0.717, 1.165) is 17.9 Å². The highest BCUT2D eigenvalue weighted by Gasteiger charge is 2.28. The van der Waals surface area contributed by atoms with E-state index >= 15 is 0 Å². The summed E-state index contributed by atoms with van der Waals surface area (Å²) in [6, 6.07) is -0.970. The number of fused-ring (bicyclic) bond motifs is 1. The van der Waals surface area contributed by atoms with Crippen molar-refractivity contribution in [3.8, 4) is 0 Å². The molecule has 0 aliphatic carbocycles. The molecular formula is C14H23F2N5O2. The fraction of sp³-hybridized carbons (Fsp3) is 0.786. The number of alkyl halides is 2. The summed E-state index contributed by atoms with van der Waals surface area (Å²) in [6.07, 6.45) is -1.13. The van der Waals surface area contributed by atoms with E-state index in [4.69, 9.17) is 5.11 Å². The van der Waals surface area contributed by atoms with Gasteiger partial charge in [-0.1, -0.05) is 13.8 Å². The van der Waals surface area contributed by atoms with E-state index in [2.05, 4.69) is 15.4 Å². The number of halogens is 2. The molecule has 23 heavy (non-hydrogen) atoms. The smallest absolute Gasteiger partial charge is 0.318 e. The van der Waals surface area contributed by atoms with E-state index in [9.17, 15) is 13.6 Å². The van der Waals surface area contributed by atoms with Gasteiger partial charge in [0.2, 0.25) is 0 Å². The van der Waals surface area contributed by atoms with Crippen molar-refractivity contribution >= 4 is 6.03 Å². The van der Waals surface area contributed by atoms with Gasteiger partial charge in [-0.25, -0.2) is 23.2 Å². The van der Waals surface area contributed by atoms with Crippen molar-refractivity contribution in [1.29, 1.82) is 0 Å². The van der Waals surface area contributed by atoms with E-state index in [1.54, 1.807) is 4.68 Å². The maximum atomic E-state index is 12.5. The third kappa shape index (κ3) is 4.37. The number of amides is 2. The molecule has 1 aliphatic rings. The van der Waals surface area contributed by atoms with Gasteiger partial charge in [0.25, 0.3) is 6.43 Å². The number of nitrogens with one attached hydrogen (secondary N) is 1. The zero-order chi connectivity index (χ0) is 17.0. The van der Waals surface area contributed by atoms with Gasteiger partial charge in [0, 0.05) is 19.0 Å². The van der Waals surface area contributed by atoms with Crippen LogP contribution < -0.4 is 5.32 Å². The number of aryl methyl sites for hydroxylation is 1. The largest absolute Gasteiger partial charge is 0.395 e. The molecule has 2 rings (SSSR count). The first kappa shape index (κ1) is 17.6. The van der Waals surface area contributed by atoms with Crippen LogP contribution in [0.1, 0.15) is 50.3 Å². The fourth-order valence-corrected chi connectivity index (χ4v) is 2.55. The highest BCUT2D eigenvalue weighted by atomic mass is 19.3. The van der Waals surface area contributed by atoms with Crippen molar-refractivity contribution in [1.82, 2.24) is 25.0 Å². The Morgan fingerprint density at radius 1 is 1.52 bits per heavy atom. The van der Waals surface area contributed by atoms with Crippen LogP contribution in [0, 0.1) is 0 Å². The minimum Gasteiger partial charge on any atom is -0.395 e. The number of rotatable bonds is 6. The van der Waals surface area contributed by atoms with Crippen molar-refractivity contribution in [2.75, 3.05) is 19.7 Å². The molecule has 0 bridgehead atoms. The first-order valence-corrected chi connectivity index (χ1v) is 7.81. The number of aromatic nitrogens is 3. The van der Waals surface area contributed by atoms with Gasteiger partial charge in [-0.3, -0.25) is 0 Å². The number of hydrogen-bond donors (Lipinski definition) is 2. The number of carbonyl (C=O) groups excluding carboxylic acids is 1. The molecule has 130 valence electrons. The Kier molecular flexibility index (Phi) is 5.86. The summed E-state index contributed by atoms with van der Waals surface area (Å²) in [7, 11) is 0. The molecule has 7 nitrogen and oxygen atoms in total. The molecule has 0 spiro atoms. The fourth-order valence-electron chi connectivity index (χ4n) is 2.55. The van der Waals surface area contributed by atoms with Gasteiger partial charge in [-0.2, -0.15) is 5.10 Å². The van der Waals surface area contributed by atoms with E-state index < -0.39 is 19.0 Å². The highest BCUT2D eigenvalue weighted by Crippen LogP contribution is 2.25. The Labute approximate surface area is 133 Å². The van der Waals surface area contributed by atoms with Crippen LogP contribution in [0.15, 0.2) is 0 Å². The normalized spacial score (nSPS) is 17.4. The lowest BCUT2D eigenvalue weighted by molar-refractivity contribution is 0.0887. The van der Waals surface area contributed by atoms with E-state index in [1.165, 1.54) is 0 Å². The molecule has 0 unspecified atom stereocenters. The Hall–Kier alpha value is -1.77. The minimum atomic E-state index is -2.64. The van der Waals surface area contributed by atoms with Crippen molar-refractivity contribution in [2.24, 2.45) is 0 Å². The summed E-state index contributed by atoms with van der Waals surface area (Å²) in [5.74, 6) is 1.55. The maximum absolute atomic E-state index is 12.5. The van der Waals surface area contributed by atoms with Gasteiger partial charge >= 0.3 is 6.03 Å². The third-order valence-electron chi connectivity index (χ3n) is 3.72. The average Bonchev–Trinajstić information content (AvgIpc) is 2.91. The molecule has 2 N–H and O–H groups in total. The van der Waals surface area contributed by atoms with E-state index in [0.29, 0.717) is 18.1 Å². The average molecular weight is 331 g/mol. The molecule has 0 saturated carbocycles. The molecule has 1 aromatic heterocycles. The Morgan fingerprint density at radius 2 is 2.26 bits per heavy atom. The van der Waals surface area contributed by atoms with Crippen molar-refractivity contribution < 1.29 is 18.7 Å². The first-order chi connectivity index (χ1) is 10.9. The molecule has 1 atom stereocenters. The summed E-state index contributed by atoms with van der Waals surface area (Å²) in [6.45, 7) is 3.51. The monoisotopic (exact) mass is 331 g/mol. The topological polar surface area (TPSA) is 83.3 Å². The second-order valence-electron chi connectivity index (χ2n) is 5.91. The molecule has 2 amide bonds. The molecule has 1 aromatic rings. The molecule has 9 heteroatoms. The number of aliphatic hydroxyl groups is 1. The van der Waals surface area contributed by atoms with Crippen molar-refractivity contribution in [2.45, 2.75) is 51.6 Å². The van der Waals surface area contributed by atoms with Gasteiger partial charge < -0.3 is 15.3 Å². The maximum Gasteiger partial charge on any atom is 0.318 e. The molecule has 2 heterocycles. The zero-order valence-electron chi connectivity index (χ0n) is 13.4. The molecule has 0 radical (unpaired) electrons. The van der Waals surface area contributed by atoms with Crippen LogP contribution >= 0.6 is 0 Å². The number of urea groups is 1. The second kappa shape index (κ2) is 7.67. The van der Waals surface area contributed by atoms with Crippen LogP contribution in [-0.2, 0) is 6.54 Å². The third-order valence-corrected chi connectivity index (χ3v) is 3.72. The number of carbonyl (C=O) groups is 1. The van der Waals surface area contributed by atoms with Crippen LogP contribution in [-0.4, -0.2) is 56.9 Å². The van der Waals surface area contributed by atoms with Crippen LogP contribution in [0.25, 0.3) is 0 Å². The number of hydrogen-bond acceptors (Lipinski definition) is 4. The van der Waals surface area contributed by atoms with Crippen LogP contribution in [0.5, 0.6) is 0 Å². The summed E-state index contributed by atoms with van der Waals surface area (Å²) < 4.78 is 26.9. The first-order valence-electron chi connectivity index (χ1n) is 7.81. The van der Waals surface area contributed by atoms with Gasteiger partial charge in [0.15, 0.2) is 5.82 Å². The molecule has 0 saturated heterocycles. The lowest BCUT2D eigenvalue weighted by Gasteiger charge is -2.27. The summed E-state index contributed by atoms with van der Waals surface area (Å²) in [4.78, 5) is 17.6. The molecular weight excluding hydrogens is 308 g/mol. The highest BCUT2D eigenvalue weighted by molar-refractivity contribution is 5.74. The second-order valence-corrected chi connectivity index (χ2v) is 5.91. The van der Waals surface area contributed by atoms with Crippen LogP contribution in [0.4, 0.5) is 13.6 Å². The number of aliphatic hydroxyl groups excluding tert-OH is 1. The van der Waals surface area contributed by atoms with Crippen LogP contribution in [0.2, 0.25) is 0 Å². The minimum absolute atomic E-state index is 0.132. The van der Waals surface area contributed by atoms with Gasteiger partial charge in [-0.05, 0) is 12.8 Å². The Morgan fingerprint density at radius 3 is 2.87 bits per heavy atom. The SMILES string of the molecule is CC(C)c1nc2n(n1)CCC[C@@H]2NC(=O)N(CCO)CC(F)F. The Bertz CT molecular complexity index is 535. The standard InChI is InChI=1S/C14H23F2N5O2/c1-9(2)12-18-13-10(4-3-5-21(13)19-12)17-14(23)20(6-7-22)8-11(15)16/h9-11,22H,3-8H2,1-2H3,(H,17,23)/t10-/m0/s1. The van der Waals surface area contributed by atoms with Crippen molar-refractivity contribution in [3.63, 3.8) is 0 Å². The van der Waals surface area contributed by atoms with Gasteiger partial charge in [0.1, 0.15) is 5.82 Å². The van der Waals surface area contributed by atoms with Crippen molar-refractivity contribution in [3.05, 3.63) is 11.6 Å². The predicted molar refractivity (Wildman–Crippen MR) is 79.3 cm³/mol.